The van der Waals surface area contributed by atoms with E-state index in [2.05, 4.69) is 15.6 Å². The predicted molar refractivity (Wildman–Crippen MR) is 77.7 cm³/mol. The molecular weight excluding hydrogens is 270 g/mol. The van der Waals surface area contributed by atoms with Crippen molar-refractivity contribution >= 4 is 17.5 Å². The van der Waals surface area contributed by atoms with Gasteiger partial charge < -0.3 is 15.4 Å². The monoisotopic (exact) mass is 285 g/mol. The fourth-order valence-electron chi connectivity index (χ4n) is 1.62. The normalized spacial score (nSPS) is 9.76. The summed E-state index contributed by atoms with van der Waals surface area (Å²) < 4.78 is 4.91. The number of amides is 2. The number of hydrogen-bond donors (Lipinski definition) is 2. The van der Waals surface area contributed by atoms with Gasteiger partial charge in [0.2, 0.25) is 5.88 Å². The summed E-state index contributed by atoms with van der Waals surface area (Å²) in [6, 6.07) is 12.5. The van der Waals surface area contributed by atoms with Gasteiger partial charge >= 0.3 is 11.8 Å². The van der Waals surface area contributed by atoms with Crippen LogP contribution in [-0.4, -0.2) is 23.9 Å². The van der Waals surface area contributed by atoms with Crippen molar-refractivity contribution in [2.75, 3.05) is 12.4 Å². The number of pyridine rings is 1. The molecule has 0 aliphatic heterocycles. The van der Waals surface area contributed by atoms with E-state index in [0.29, 0.717) is 18.1 Å². The molecular formula is C15H15N3O3. The molecule has 0 saturated carbocycles. The smallest absolute Gasteiger partial charge is 0.313 e. The molecule has 1 aromatic carbocycles. The number of nitrogens with one attached hydrogen (secondary N) is 2. The first-order valence-corrected chi connectivity index (χ1v) is 6.32. The van der Waals surface area contributed by atoms with Crippen molar-refractivity contribution < 1.29 is 14.3 Å². The van der Waals surface area contributed by atoms with Crippen molar-refractivity contribution in [1.82, 2.24) is 10.3 Å². The molecule has 2 aromatic rings. The van der Waals surface area contributed by atoms with Gasteiger partial charge in [0.25, 0.3) is 0 Å². The van der Waals surface area contributed by atoms with E-state index in [9.17, 15) is 9.59 Å². The minimum atomic E-state index is -0.738. The number of carbonyl (C=O) groups excluding carboxylic acids is 2. The number of carbonyl (C=O) groups is 2. The van der Waals surface area contributed by atoms with Crippen LogP contribution in [0.2, 0.25) is 0 Å². The molecule has 2 N–H and O–H groups in total. The summed E-state index contributed by atoms with van der Waals surface area (Å²) >= 11 is 0. The van der Waals surface area contributed by atoms with E-state index >= 15 is 0 Å². The van der Waals surface area contributed by atoms with Crippen molar-refractivity contribution in [3.8, 4) is 5.88 Å². The van der Waals surface area contributed by atoms with Gasteiger partial charge in [-0.1, -0.05) is 30.3 Å². The second-order valence-corrected chi connectivity index (χ2v) is 4.21. The van der Waals surface area contributed by atoms with Gasteiger partial charge in [0.05, 0.1) is 19.0 Å². The molecule has 21 heavy (non-hydrogen) atoms. The topological polar surface area (TPSA) is 80.3 Å². The second kappa shape index (κ2) is 7.04. The molecule has 0 spiro atoms. The SMILES string of the molecule is COc1ccc(NC(=O)C(=O)NCc2ccccc2)cn1. The van der Waals surface area contributed by atoms with Gasteiger partial charge in [-0.3, -0.25) is 9.59 Å². The summed E-state index contributed by atoms with van der Waals surface area (Å²) in [6.45, 7) is 0.300. The van der Waals surface area contributed by atoms with Gasteiger partial charge in [0.1, 0.15) is 0 Å². The Kier molecular flexibility index (Phi) is 4.87. The zero-order valence-corrected chi connectivity index (χ0v) is 11.5. The van der Waals surface area contributed by atoms with Crippen molar-refractivity contribution in [2.24, 2.45) is 0 Å². The molecule has 6 nitrogen and oxygen atoms in total. The molecule has 108 valence electrons. The third-order valence-corrected chi connectivity index (χ3v) is 2.71. The summed E-state index contributed by atoms with van der Waals surface area (Å²) in [5.41, 5.74) is 1.35. The van der Waals surface area contributed by atoms with Crippen LogP contribution in [0.25, 0.3) is 0 Å². The minimum absolute atomic E-state index is 0.300. The summed E-state index contributed by atoms with van der Waals surface area (Å²) in [5, 5.41) is 5.01. The van der Waals surface area contributed by atoms with Crippen LogP contribution in [0.5, 0.6) is 5.88 Å². The Morgan fingerprint density at radius 1 is 1.10 bits per heavy atom. The van der Waals surface area contributed by atoms with E-state index < -0.39 is 11.8 Å². The number of hydrogen-bond acceptors (Lipinski definition) is 4. The highest BCUT2D eigenvalue weighted by Gasteiger charge is 2.13. The van der Waals surface area contributed by atoms with E-state index in [0.717, 1.165) is 5.56 Å². The zero-order chi connectivity index (χ0) is 15.1. The Hall–Kier alpha value is -2.89. The van der Waals surface area contributed by atoms with Crippen LogP contribution < -0.4 is 15.4 Å². The Morgan fingerprint density at radius 2 is 1.86 bits per heavy atom. The minimum Gasteiger partial charge on any atom is -0.481 e. The molecule has 2 amide bonds. The van der Waals surface area contributed by atoms with Crippen molar-refractivity contribution in [2.45, 2.75) is 6.54 Å². The lowest BCUT2D eigenvalue weighted by atomic mass is 10.2. The summed E-state index contributed by atoms with van der Waals surface area (Å²) in [5.74, 6) is -1.01. The summed E-state index contributed by atoms with van der Waals surface area (Å²) in [4.78, 5) is 27.3. The molecule has 1 heterocycles. The van der Waals surface area contributed by atoms with E-state index in [1.54, 1.807) is 12.1 Å². The number of rotatable bonds is 4. The third-order valence-electron chi connectivity index (χ3n) is 2.71. The van der Waals surface area contributed by atoms with Crippen LogP contribution >= 0.6 is 0 Å². The number of anilines is 1. The van der Waals surface area contributed by atoms with Gasteiger partial charge in [-0.05, 0) is 11.6 Å². The number of nitrogens with zero attached hydrogens (tertiary/aromatic N) is 1. The van der Waals surface area contributed by atoms with Crippen molar-refractivity contribution in [3.63, 3.8) is 0 Å². The molecule has 0 unspecified atom stereocenters. The van der Waals surface area contributed by atoms with Crippen molar-refractivity contribution in [3.05, 3.63) is 54.2 Å². The van der Waals surface area contributed by atoms with Gasteiger partial charge in [0, 0.05) is 12.6 Å². The highest BCUT2D eigenvalue weighted by Crippen LogP contribution is 2.10. The maximum atomic E-state index is 11.7. The Bertz CT molecular complexity index is 612. The quantitative estimate of drug-likeness (QED) is 0.831. The van der Waals surface area contributed by atoms with Crippen LogP contribution in [0, 0.1) is 0 Å². The van der Waals surface area contributed by atoms with Gasteiger partial charge in [0.15, 0.2) is 0 Å². The van der Waals surface area contributed by atoms with Crippen LogP contribution in [0.15, 0.2) is 48.7 Å². The average Bonchev–Trinajstić information content (AvgIpc) is 2.54. The van der Waals surface area contributed by atoms with Crippen LogP contribution in [0.1, 0.15) is 5.56 Å². The van der Waals surface area contributed by atoms with E-state index in [4.69, 9.17) is 4.74 Å². The fourth-order valence-corrected chi connectivity index (χ4v) is 1.62. The van der Waals surface area contributed by atoms with E-state index in [1.807, 2.05) is 30.3 Å². The first-order chi connectivity index (χ1) is 10.2. The number of aromatic nitrogens is 1. The van der Waals surface area contributed by atoms with Crippen LogP contribution in [-0.2, 0) is 16.1 Å². The van der Waals surface area contributed by atoms with E-state index in [-0.39, 0.29) is 0 Å². The summed E-state index contributed by atoms with van der Waals surface area (Å²) in [6.07, 6.45) is 1.42. The Morgan fingerprint density at radius 3 is 2.48 bits per heavy atom. The third kappa shape index (κ3) is 4.31. The standard InChI is InChI=1S/C15H15N3O3/c1-21-13-8-7-12(10-16-13)18-15(20)14(19)17-9-11-5-3-2-4-6-11/h2-8,10H,9H2,1H3,(H,17,19)(H,18,20). The largest absolute Gasteiger partial charge is 0.481 e. The molecule has 0 fully saturated rings. The lowest BCUT2D eigenvalue weighted by molar-refractivity contribution is -0.136. The zero-order valence-electron chi connectivity index (χ0n) is 11.5. The molecule has 2 rings (SSSR count). The molecule has 0 atom stereocenters. The second-order valence-electron chi connectivity index (χ2n) is 4.21. The fraction of sp³-hybridized carbons (Fsp3) is 0.133. The molecule has 0 radical (unpaired) electrons. The first kappa shape index (κ1) is 14.5. The maximum absolute atomic E-state index is 11.7. The summed E-state index contributed by atoms with van der Waals surface area (Å²) in [7, 11) is 1.50. The van der Waals surface area contributed by atoms with Gasteiger partial charge in [-0.15, -0.1) is 0 Å². The lowest BCUT2D eigenvalue weighted by Gasteiger charge is -2.07. The van der Waals surface area contributed by atoms with E-state index in [1.165, 1.54) is 13.3 Å². The Balaban J connectivity index is 1.86. The maximum Gasteiger partial charge on any atom is 0.313 e. The highest BCUT2D eigenvalue weighted by atomic mass is 16.5. The molecule has 0 bridgehead atoms. The average molecular weight is 285 g/mol. The van der Waals surface area contributed by atoms with Crippen LogP contribution in [0.3, 0.4) is 0 Å². The lowest BCUT2D eigenvalue weighted by Crippen LogP contribution is -2.34. The van der Waals surface area contributed by atoms with Crippen molar-refractivity contribution in [1.29, 1.82) is 0 Å². The molecule has 1 aromatic heterocycles. The molecule has 0 saturated heterocycles. The number of ether oxygens (including phenoxy) is 1. The molecule has 0 aliphatic rings. The van der Waals surface area contributed by atoms with Crippen LogP contribution in [0.4, 0.5) is 5.69 Å². The molecule has 0 aliphatic carbocycles. The van der Waals surface area contributed by atoms with Gasteiger partial charge in [-0.25, -0.2) is 4.98 Å². The predicted octanol–water partition coefficient (Wildman–Crippen LogP) is 1.35. The highest BCUT2D eigenvalue weighted by molar-refractivity contribution is 6.39. The number of benzene rings is 1. The van der Waals surface area contributed by atoms with Gasteiger partial charge in [-0.2, -0.15) is 0 Å². The number of methoxy groups -OCH3 is 1. The molecule has 6 heteroatoms. The first-order valence-electron chi connectivity index (χ1n) is 6.32. The Labute approximate surface area is 122 Å².